The largest absolute Gasteiger partial charge is 0.481 e. The van der Waals surface area contributed by atoms with Crippen LogP contribution in [-0.2, 0) is 28.8 Å². The van der Waals surface area contributed by atoms with E-state index in [1.54, 1.807) is 13.8 Å². The third kappa shape index (κ3) is 11.1. The van der Waals surface area contributed by atoms with Crippen LogP contribution in [0.15, 0.2) is 0 Å². The minimum atomic E-state index is -1.47. The van der Waals surface area contributed by atoms with E-state index in [-0.39, 0.29) is 31.7 Å². The third-order valence-electron chi connectivity index (χ3n) is 6.27. The Morgan fingerprint density at radius 2 is 1.56 bits per heavy atom. The predicted octanol–water partition coefficient (Wildman–Crippen LogP) is -2.51. The molecule has 0 saturated carbocycles. The van der Waals surface area contributed by atoms with Crippen molar-refractivity contribution in [3.8, 4) is 0 Å². The highest BCUT2D eigenvalue weighted by Crippen LogP contribution is 2.19. The number of amides is 4. The van der Waals surface area contributed by atoms with Gasteiger partial charge in [-0.3, -0.25) is 24.0 Å². The number of aliphatic hydroxyl groups is 1. The molecule has 0 spiro atoms. The van der Waals surface area contributed by atoms with Gasteiger partial charge in [-0.1, -0.05) is 13.8 Å². The van der Waals surface area contributed by atoms with E-state index in [2.05, 4.69) is 16.0 Å². The van der Waals surface area contributed by atoms with E-state index in [0.717, 1.165) is 4.90 Å². The van der Waals surface area contributed by atoms with Gasteiger partial charge in [0.25, 0.3) is 0 Å². The minimum Gasteiger partial charge on any atom is -0.481 e. The standard InChI is InChI=1S/C24H42N6O9/c1-13(2)10-16(20(34)27-15(24(38)39)6-3-4-8-25)28-21(35)17(12-31)29-22(36)18-7-5-9-30(18)23(37)14(26)11-19(32)33/h13-18,31H,3-12,25-26H2,1-2H3,(H,27,34)(H,28,35)(H,29,36)(H,32,33)(H,38,39)/t14-,15-,16-,17-,18+/m0/s1. The number of hydrogen-bond acceptors (Lipinski definition) is 9. The van der Waals surface area contributed by atoms with Crippen LogP contribution in [0.5, 0.6) is 0 Å². The summed E-state index contributed by atoms with van der Waals surface area (Å²) >= 11 is 0. The molecule has 0 radical (unpaired) electrons. The van der Waals surface area contributed by atoms with Crippen LogP contribution >= 0.6 is 0 Å². The summed E-state index contributed by atoms with van der Waals surface area (Å²) in [4.78, 5) is 74.9. The van der Waals surface area contributed by atoms with E-state index in [0.29, 0.717) is 25.8 Å². The van der Waals surface area contributed by atoms with Gasteiger partial charge in [0.05, 0.1) is 19.1 Å². The fourth-order valence-electron chi connectivity index (χ4n) is 4.25. The molecule has 1 heterocycles. The molecule has 0 aromatic carbocycles. The molecule has 1 saturated heterocycles. The van der Waals surface area contributed by atoms with E-state index in [1.807, 2.05) is 0 Å². The summed E-state index contributed by atoms with van der Waals surface area (Å²) in [5, 5.41) is 35.4. The highest BCUT2D eigenvalue weighted by atomic mass is 16.4. The zero-order chi connectivity index (χ0) is 29.7. The lowest BCUT2D eigenvalue weighted by molar-refractivity contribution is -0.144. The molecule has 1 aliphatic rings. The maximum atomic E-state index is 12.9. The quantitative estimate of drug-likeness (QED) is 0.0865. The lowest BCUT2D eigenvalue weighted by atomic mass is 10.0. The van der Waals surface area contributed by atoms with E-state index in [9.17, 15) is 39.0 Å². The molecule has 5 atom stereocenters. The normalized spacial score (nSPS) is 18.1. The van der Waals surface area contributed by atoms with Gasteiger partial charge in [-0.15, -0.1) is 0 Å². The zero-order valence-corrected chi connectivity index (χ0v) is 22.4. The summed E-state index contributed by atoms with van der Waals surface area (Å²) < 4.78 is 0. The van der Waals surface area contributed by atoms with Gasteiger partial charge < -0.3 is 47.6 Å². The van der Waals surface area contributed by atoms with Gasteiger partial charge in [0.2, 0.25) is 23.6 Å². The number of unbranched alkanes of at least 4 members (excludes halogenated alkanes) is 1. The van der Waals surface area contributed by atoms with Crippen molar-refractivity contribution in [2.45, 2.75) is 89.0 Å². The molecule has 39 heavy (non-hydrogen) atoms. The average molecular weight is 559 g/mol. The Hall–Kier alpha value is -3.30. The number of carbonyl (C=O) groups excluding carboxylic acids is 4. The van der Waals surface area contributed by atoms with Crippen molar-refractivity contribution in [1.82, 2.24) is 20.9 Å². The van der Waals surface area contributed by atoms with Crippen LogP contribution in [0, 0.1) is 5.92 Å². The summed E-state index contributed by atoms with van der Waals surface area (Å²) in [6, 6.07) is -6.14. The Bertz CT molecular complexity index is 884. The van der Waals surface area contributed by atoms with Gasteiger partial charge in [-0.25, -0.2) is 4.79 Å². The third-order valence-corrected chi connectivity index (χ3v) is 6.27. The van der Waals surface area contributed by atoms with Crippen LogP contribution < -0.4 is 27.4 Å². The van der Waals surface area contributed by atoms with Crippen molar-refractivity contribution in [2.75, 3.05) is 19.7 Å². The maximum Gasteiger partial charge on any atom is 0.326 e. The van der Waals surface area contributed by atoms with Gasteiger partial charge in [0, 0.05) is 6.54 Å². The molecule has 0 aromatic rings. The molecule has 0 bridgehead atoms. The molecule has 15 nitrogen and oxygen atoms in total. The fraction of sp³-hybridized carbons (Fsp3) is 0.750. The van der Waals surface area contributed by atoms with Gasteiger partial charge in [0.1, 0.15) is 24.2 Å². The molecule has 1 aliphatic heterocycles. The van der Waals surface area contributed by atoms with Gasteiger partial charge >= 0.3 is 11.9 Å². The second-order valence-electron chi connectivity index (χ2n) is 10.0. The number of likely N-dealkylation sites (tertiary alicyclic amines) is 1. The Kier molecular flexibility index (Phi) is 14.4. The van der Waals surface area contributed by atoms with Crippen LogP contribution in [-0.4, -0.2) is 106 Å². The van der Waals surface area contributed by atoms with Crippen molar-refractivity contribution >= 4 is 35.6 Å². The summed E-state index contributed by atoms with van der Waals surface area (Å²) in [7, 11) is 0. The van der Waals surface area contributed by atoms with Crippen LogP contribution in [0.4, 0.5) is 0 Å². The number of nitrogens with zero attached hydrogens (tertiary/aromatic N) is 1. The Morgan fingerprint density at radius 3 is 2.10 bits per heavy atom. The van der Waals surface area contributed by atoms with Crippen molar-refractivity contribution in [2.24, 2.45) is 17.4 Å². The van der Waals surface area contributed by atoms with Crippen LogP contribution in [0.25, 0.3) is 0 Å². The SMILES string of the molecule is CC(C)C[C@H](NC(=O)[C@H](CO)NC(=O)[C@H]1CCCN1C(=O)[C@@H](N)CC(=O)O)C(=O)N[C@@H](CCCCN)C(=O)O. The molecule has 15 heteroatoms. The molecule has 10 N–H and O–H groups in total. The van der Waals surface area contributed by atoms with Gasteiger partial charge in [-0.05, 0) is 51.0 Å². The number of hydrogen-bond donors (Lipinski definition) is 8. The first-order valence-electron chi connectivity index (χ1n) is 13.0. The second-order valence-corrected chi connectivity index (χ2v) is 10.0. The smallest absolute Gasteiger partial charge is 0.326 e. The van der Waals surface area contributed by atoms with E-state index in [4.69, 9.17) is 16.6 Å². The molecular formula is C24H42N6O9. The van der Waals surface area contributed by atoms with Crippen molar-refractivity contribution in [1.29, 1.82) is 0 Å². The highest BCUT2D eigenvalue weighted by Gasteiger charge is 2.38. The Labute approximate surface area is 227 Å². The first-order chi connectivity index (χ1) is 18.3. The molecule has 222 valence electrons. The molecule has 4 amide bonds. The van der Waals surface area contributed by atoms with E-state index in [1.165, 1.54) is 0 Å². The number of aliphatic hydroxyl groups excluding tert-OH is 1. The van der Waals surface area contributed by atoms with Crippen molar-refractivity contribution in [3.05, 3.63) is 0 Å². The Morgan fingerprint density at radius 1 is 0.949 bits per heavy atom. The molecule has 1 fully saturated rings. The number of carbonyl (C=O) groups is 6. The number of rotatable bonds is 17. The van der Waals surface area contributed by atoms with Crippen molar-refractivity contribution < 1.29 is 44.1 Å². The van der Waals surface area contributed by atoms with E-state index < -0.39 is 78.8 Å². The monoisotopic (exact) mass is 558 g/mol. The Balaban J connectivity index is 2.90. The maximum absolute atomic E-state index is 12.9. The number of aliphatic carboxylic acids is 2. The molecule has 1 rings (SSSR count). The average Bonchev–Trinajstić information content (AvgIpc) is 3.34. The number of nitrogens with two attached hydrogens (primary N) is 2. The summed E-state index contributed by atoms with van der Waals surface area (Å²) in [5.74, 6) is -5.62. The highest BCUT2D eigenvalue weighted by molar-refractivity contribution is 5.96. The van der Waals surface area contributed by atoms with Crippen LogP contribution in [0.3, 0.4) is 0 Å². The van der Waals surface area contributed by atoms with Gasteiger partial charge in [0.15, 0.2) is 0 Å². The molecule has 0 aliphatic carbocycles. The first kappa shape index (κ1) is 33.7. The predicted molar refractivity (Wildman–Crippen MR) is 138 cm³/mol. The van der Waals surface area contributed by atoms with Crippen molar-refractivity contribution in [3.63, 3.8) is 0 Å². The summed E-state index contributed by atoms with van der Waals surface area (Å²) in [5.41, 5.74) is 11.1. The minimum absolute atomic E-state index is 0.0724. The number of carboxylic acids is 2. The number of carboxylic acid groups (broad SMARTS) is 2. The second kappa shape index (κ2) is 16.6. The number of nitrogens with one attached hydrogen (secondary N) is 3. The zero-order valence-electron chi connectivity index (χ0n) is 22.4. The fourth-order valence-corrected chi connectivity index (χ4v) is 4.25. The van der Waals surface area contributed by atoms with Crippen LogP contribution in [0.2, 0.25) is 0 Å². The topological polar surface area (TPSA) is 254 Å². The molecule has 0 aromatic heterocycles. The first-order valence-corrected chi connectivity index (χ1v) is 13.0. The van der Waals surface area contributed by atoms with Crippen LogP contribution in [0.1, 0.15) is 58.8 Å². The molecular weight excluding hydrogens is 516 g/mol. The van der Waals surface area contributed by atoms with Gasteiger partial charge in [-0.2, -0.15) is 0 Å². The lowest BCUT2D eigenvalue weighted by Crippen LogP contribution is -2.59. The molecule has 0 unspecified atom stereocenters. The lowest BCUT2D eigenvalue weighted by Gasteiger charge is -2.28. The van der Waals surface area contributed by atoms with E-state index >= 15 is 0 Å². The summed E-state index contributed by atoms with van der Waals surface area (Å²) in [6.45, 7) is 3.34. The summed E-state index contributed by atoms with van der Waals surface area (Å²) in [6.07, 6.45) is 1.46.